The maximum absolute atomic E-state index is 13.0. The van der Waals surface area contributed by atoms with Crippen molar-refractivity contribution < 1.29 is 13.2 Å². The predicted molar refractivity (Wildman–Crippen MR) is 124 cm³/mol. The molecule has 11 heteroatoms. The molecule has 4 rings (SSSR count). The van der Waals surface area contributed by atoms with E-state index in [-0.39, 0.29) is 27.2 Å². The molecule has 2 aromatic heterocycles. The van der Waals surface area contributed by atoms with E-state index in [0.717, 1.165) is 23.8 Å². The third-order valence-corrected chi connectivity index (χ3v) is 7.85. The number of aromatic nitrogens is 3. The number of sulfonamides is 1. The second kappa shape index (κ2) is 8.56. The van der Waals surface area contributed by atoms with Crippen LogP contribution in [0.4, 0.5) is 5.69 Å². The van der Waals surface area contributed by atoms with Gasteiger partial charge in [-0.3, -0.25) is 18.7 Å². The number of nitrogens with zero attached hydrogens (tertiary/aromatic N) is 4. The van der Waals surface area contributed by atoms with Gasteiger partial charge in [0.05, 0.1) is 22.2 Å². The van der Waals surface area contributed by atoms with Gasteiger partial charge >= 0.3 is 5.69 Å². The summed E-state index contributed by atoms with van der Waals surface area (Å²) in [5.74, 6) is -0.522. The quantitative estimate of drug-likeness (QED) is 0.613. The molecule has 1 amide bonds. The average molecular weight is 472 g/mol. The Balaban J connectivity index is 1.68. The highest BCUT2D eigenvalue weighted by molar-refractivity contribution is 7.89. The number of piperidine rings is 1. The van der Waals surface area contributed by atoms with Gasteiger partial charge in [-0.15, -0.1) is 0 Å². The first-order chi connectivity index (χ1) is 15.6. The van der Waals surface area contributed by atoms with E-state index in [0.29, 0.717) is 18.7 Å². The largest absolute Gasteiger partial charge is 0.332 e. The lowest BCUT2D eigenvalue weighted by atomic mass is 10.1. The van der Waals surface area contributed by atoms with Crippen molar-refractivity contribution in [3.05, 3.63) is 62.4 Å². The zero-order chi connectivity index (χ0) is 23.9. The lowest BCUT2D eigenvalue weighted by molar-refractivity contribution is 0.102. The molecule has 33 heavy (non-hydrogen) atoms. The number of hydrogen-bond donors (Lipinski definition) is 1. The molecule has 0 saturated carbocycles. The second-order valence-corrected chi connectivity index (χ2v) is 10.1. The van der Waals surface area contributed by atoms with E-state index in [4.69, 9.17) is 0 Å². The highest BCUT2D eigenvalue weighted by Crippen LogP contribution is 2.23. The van der Waals surface area contributed by atoms with Crippen LogP contribution in [0, 0.1) is 6.92 Å². The average Bonchev–Trinajstić information content (AvgIpc) is 2.82. The number of rotatable bonds is 4. The molecular weight excluding hydrogens is 446 g/mol. The molecule has 10 nitrogen and oxygen atoms in total. The Hall–Kier alpha value is -3.31. The van der Waals surface area contributed by atoms with E-state index in [2.05, 4.69) is 10.3 Å². The van der Waals surface area contributed by atoms with Crippen LogP contribution in [0.2, 0.25) is 0 Å². The highest BCUT2D eigenvalue weighted by Gasteiger charge is 2.27. The lowest BCUT2D eigenvalue weighted by Crippen LogP contribution is -2.37. The summed E-state index contributed by atoms with van der Waals surface area (Å²) in [4.78, 5) is 41.8. The van der Waals surface area contributed by atoms with Gasteiger partial charge in [0, 0.05) is 32.7 Å². The van der Waals surface area contributed by atoms with Crippen LogP contribution in [0.15, 0.2) is 44.9 Å². The zero-order valence-corrected chi connectivity index (χ0v) is 19.5. The second-order valence-electron chi connectivity index (χ2n) is 8.20. The van der Waals surface area contributed by atoms with E-state index in [1.54, 1.807) is 13.0 Å². The Labute approximate surface area is 190 Å². The van der Waals surface area contributed by atoms with Crippen LogP contribution in [0.5, 0.6) is 0 Å². The predicted octanol–water partition coefficient (Wildman–Crippen LogP) is 1.37. The van der Waals surface area contributed by atoms with Crippen molar-refractivity contribution in [3.63, 3.8) is 0 Å². The number of amides is 1. The van der Waals surface area contributed by atoms with Crippen LogP contribution in [-0.4, -0.2) is 45.8 Å². The Morgan fingerprint density at radius 1 is 1.03 bits per heavy atom. The standard InChI is InChI=1S/C22H25N5O5S/c1-14-7-8-16(33(31,32)27-9-5-4-6-10-27)12-17(14)20(28)24-15-11-18-19(23-13-15)25(2)22(30)26(3)21(18)29/h7-8,11-13H,4-6,9-10H2,1-3H3,(H,24,28). The van der Waals surface area contributed by atoms with Gasteiger partial charge in [0.25, 0.3) is 11.5 Å². The van der Waals surface area contributed by atoms with Crippen molar-refractivity contribution >= 4 is 32.7 Å². The summed E-state index contributed by atoms with van der Waals surface area (Å²) in [6, 6.07) is 5.95. The van der Waals surface area contributed by atoms with Crippen molar-refractivity contribution in [3.8, 4) is 0 Å². The first-order valence-electron chi connectivity index (χ1n) is 10.6. The smallest absolute Gasteiger partial charge is 0.321 e. The van der Waals surface area contributed by atoms with Crippen LogP contribution in [-0.2, 0) is 24.1 Å². The van der Waals surface area contributed by atoms with E-state index in [1.165, 1.54) is 47.4 Å². The fourth-order valence-corrected chi connectivity index (χ4v) is 5.54. The number of hydrogen-bond acceptors (Lipinski definition) is 6. The summed E-state index contributed by atoms with van der Waals surface area (Å²) >= 11 is 0. The van der Waals surface area contributed by atoms with Gasteiger partial charge in [0.2, 0.25) is 10.0 Å². The summed E-state index contributed by atoms with van der Waals surface area (Å²) in [5, 5.41) is 2.86. The molecule has 1 aliphatic heterocycles. The number of fused-ring (bicyclic) bond motifs is 1. The summed E-state index contributed by atoms with van der Waals surface area (Å²) in [6.07, 6.45) is 3.99. The topological polar surface area (TPSA) is 123 Å². The summed E-state index contributed by atoms with van der Waals surface area (Å²) in [7, 11) is -0.816. The molecular formula is C22H25N5O5S. The van der Waals surface area contributed by atoms with Gasteiger partial charge in [-0.05, 0) is 43.5 Å². The van der Waals surface area contributed by atoms with Gasteiger partial charge in [-0.25, -0.2) is 18.2 Å². The van der Waals surface area contributed by atoms with Gasteiger partial charge in [-0.2, -0.15) is 4.31 Å². The fraction of sp³-hybridized carbons (Fsp3) is 0.364. The number of nitrogens with one attached hydrogen (secondary N) is 1. The highest BCUT2D eigenvalue weighted by atomic mass is 32.2. The van der Waals surface area contributed by atoms with Gasteiger partial charge in [0.1, 0.15) is 5.65 Å². The number of anilines is 1. The third kappa shape index (κ3) is 4.09. The van der Waals surface area contributed by atoms with Crippen molar-refractivity contribution in [1.29, 1.82) is 0 Å². The number of aryl methyl sites for hydroxylation is 2. The number of pyridine rings is 1. The lowest BCUT2D eigenvalue weighted by Gasteiger charge is -2.26. The van der Waals surface area contributed by atoms with Gasteiger partial charge in [0.15, 0.2) is 0 Å². The fourth-order valence-electron chi connectivity index (χ4n) is 3.99. The Bertz CT molecular complexity index is 1480. The molecule has 1 N–H and O–H groups in total. The van der Waals surface area contributed by atoms with Crippen LogP contribution < -0.4 is 16.6 Å². The van der Waals surface area contributed by atoms with Crippen LogP contribution in [0.3, 0.4) is 0 Å². The Kier molecular flexibility index (Phi) is 5.93. The van der Waals surface area contributed by atoms with E-state index in [9.17, 15) is 22.8 Å². The Morgan fingerprint density at radius 2 is 1.73 bits per heavy atom. The van der Waals surface area contributed by atoms with Crippen molar-refractivity contribution in [1.82, 2.24) is 18.4 Å². The normalized spacial score (nSPS) is 15.0. The SMILES string of the molecule is Cc1ccc(S(=O)(=O)N2CCCCC2)cc1C(=O)Nc1cnc2c(c1)c(=O)n(C)c(=O)n2C. The molecule has 0 bridgehead atoms. The first kappa shape index (κ1) is 22.9. The van der Waals surface area contributed by atoms with Gasteiger partial charge < -0.3 is 5.32 Å². The molecule has 0 atom stereocenters. The maximum Gasteiger partial charge on any atom is 0.332 e. The van der Waals surface area contributed by atoms with E-state index >= 15 is 0 Å². The van der Waals surface area contributed by atoms with Crippen molar-refractivity contribution in [2.45, 2.75) is 31.1 Å². The number of carbonyl (C=O) groups is 1. The van der Waals surface area contributed by atoms with Crippen LogP contribution in [0.25, 0.3) is 11.0 Å². The minimum Gasteiger partial charge on any atom is -0.321 e. The molecule has 3 heterocycles. The summed E-state index contributed by atoms with van der Waals surface area (Å²) in [6.45, 7) is 2.66. The van der Waals surface area contributed by atoms with E-state index in [1.807, 2.05) is 0 Å². The molecule has 3 aromatic rings. The van der Waals surface area contributed by atoms with Crippen molar-refractivity contribution in [2.75, 3.05) is 18.4 Å². The molecule has 1 aromatic carbocycles. The number of carbonyl (C=O) groups excluding carboxylic acids is 1. The molecule has 1 saturated heterocycles. The molecule has 0 aliphatic carbocycles. The monoisotopic (exact) mass is 471 g/mol. The zero-order valence-electron chi connectivity index (χ0n) is 18.7. The first-order valence-corrected chi connectivity index (χ1v) is 12.0. The summed E-state index contributed by atoms with van der Waals surface area (Å²) in [5.41, 5.74) is 0.249. The van der Waals surface area contributed by atoms with E-state index < -0.39 is 27.2 Å². The van der Waals surface area contributed by atoms with Crippen LogP contribution >= 0.6 is 0 Å². The molecule has 174 valence electrons. The third-order valence-electron chi connectivity index (χ3n) is 5.96. The molecule has 1 aliphatic rings. The molecule has 0 spiro atoms. The van der Waals surface area contributed by atoms with Crippen LogP contribution in [0.1, 0.15) is 35.2 Å². The minimum atomic E-state index is -3.69. The summed E-state index contributed by atoms with van der Waals surface area (Å²) < 4.78 is 29.7. The Morgan fingerprint density at radius 3 is 2.42 bits per heavy atom. The maximum atomic E-state index is 13.0. The number of benzene rings is 1. The molecule has 0 unspecified atom stereocenters. The van der Waals surface area contributed by atoms with Gasteiger partial charge in [-0.1, -0.05) is 12.5 Å². The van der Waals surface area contributed by atoms with Crippen molar-refractivity contribution in [2.24, 2.45) is 14.1 Å². The minimum absolute atomic E-state index is 0.0701. The molecule has 0 radical (unpaired) electrons. The molecule has 1 fully saturated rings.